The highest BCUT2D eigenvalue weighted by Crippen LogP contribution is 2.53. The number of aromatic hydroxyl groups is 1. The van der Waals surface area contributed by atoms with Crippen LogP contribution in [0.2, 0.25) is 0 Å². The van der Waals surface area contributed by atoms with Crippen LogP contribution in [0, 0.1) is 28.8 Å². The molecule has 0 radical (unpaired) electrons. The van der Waals surface area contributed by atoms with Gasteiger partial charge in [-0.15, -0.1) is 0 Å². The van der Waals surface area contributed by atoms with Crippen molar-refractivity contribution in [3.8, 4) is 11.5 Å². The van der Waals surface area contributed by atoms with E-state index in [9.17, 15) is 33.0 Å². The summed E-state index contributed by atoms with van der Waals surface area (Å²) < 4.78 is 46.7. The average molecular weight is 554 g/mol. The second-order valence-corrected chi connectivity index (χ2v) is 11.4. The predicted molar refractivity (Wildman–Crippen MR) is 141 cm³/mol. The van der Waals surface area contributed by atoms with Crippen LogP contribution in [-0.4, -0.2) is 58.5 Å². The quantitative estimate of drug-likeness (QED) is 0.365. The lowest BCUT2D eigenvalue weighted by Crippen LogP contribution is -2.35. The summed E-state index contributed by atoms with van der Waals surface area (Å²) >= 11 is 0. The number of ether oxygens (including phenoxy) is 1. The maximum absolute atomic E-state index is 14.7. The Balaban J connectivity index is 1.15. The van der Waals surface area contributed by atoms with Gasteiger partial charge in [-0.2, -0.15) is 0 Å². The zero-order valence-electron chi connectivity index (χ0n) is 22.0. The summed E-state index contributed by atoms with van der Waals surface area (Å²) in [4.78, 5) is 27.2. The molecule has 5 rings (SSSR count). The molecule has 9 heteroatoms. The average Bonchev–Trinajstić information content (AvgIpc) is 3.31. The summed E-state index contributed by atoms with van der Waals surface area (Å²) in [5, 5.41) is 20.5. The number of carbonyl (C=O) groups is 2. The Hall–Kier alpha value is -3.69. The fourth-order valence-electron chi connectivity index (χ4n) is 6.26. The number of fused-ring (bicyclic) bond motifs is 1. The Morgan fingerprint density at radius 1 is 0.975 bits per heavy atom. The molecule has 40 heavy (non-hydrogen) atoms. The number of aliphatic hydroxyl groups is 1. The van der Waals surface area contributed by atoms with Crippen LogP contribution in [0.25, 0.3) is 0 Å². The van der Waals surface area contributed by atoms with Gasteiger partial charge in [-0.25, -0.2) is 13.2 Å². The Labute approximate surface area is 230 Å². The lowest BCUT2D eigenvalue weighted by Gasteiger charge is -2.29. The highest BCUT2D eigenvalue weighted by atomic mass is 19.1. The summed E-state index contributed by atoms with van der Waals surface area (Å²) in [5.41, 5.74) is -0.0328. The van der Waals surface area contributed by atoms with Crippen molar-refractivity contribution in [2.24, 2.45) is 11.3 Å². The van der Waals surface area contributed by atoms with Crippen molar-refractivity contribution in [1.82, 2.24) is 4.90 Å². The van der Waals surface area contributed by atoms with E-state index in [4.69, 9.17) is 4.74 Å². The van der Waals surface area contributed by atoms with E-state index in [2.05, 4.69) is 6.92 Å². The summed E-state index contributed by atoms with van der Waals surface area (Å²) in [6, 6.07) is 13.1. The standard InChI is InChI=1S/C31H30F3NO5/c1-30-17-31(39,12-19-2-6-23(32)7-3-19)13-22(30)14-35(18-30)15-27(37)20-5-9-29(25(34)11-20)40-16-28(38)21-4-8-26(36)24(33)10-21/h2-11,22,36,39H,12-18H2,1H3/t22-,30+,31-/m1/s1. The molecule has 1 aliphatic heterocycles. The minimum Gasteiger partial charge on any atom is -0.505 e. The smallest absolute Gasteiger partial charge is 0.200 e. The van der Waals surface area contributed by atoms with Gasteiger partial charge in [-0.1, -0.05) is 19.1 Å². The number of hydrogen-bond acceptors (Lipinski definition) is 6. The van der Waals surface area contributed by atoms with Crippen LogP contribution in [0.15, 0.2) is 60.7 Å². The number of rotatable bonds is 9. The first-order valence-electron chi connectivity index (χ1n) is 13.1. The molecule has 0 bridgehead atoms. The van der Waals surface area contributed by atoms with Crippen molar-refractivity contribution in [1.29, 1.82) is 0 Å². The largest absolute Gasteiger partial charge is 0.505 e. The predicted octanol–water partition coefficient (Wildman–Crippen LogP) is 4.96. The SMILES string of the molecule is C[C@]12CN(CC(=O)c3ccc(OCC(=O)c4ccc(O)c(F)c4)c(F)c3)C[C@H]1C[C@](O)(Cc1ccc(F)cc1)C2. The van der Waals surface area contributed by atoms with Crippen LogP contribution in [0.5, 0.6) is 11.5 Å². The van der Waals surface area contributed by atoms with E-state index < -0.39 is 35.4 Å². The van der Waals surface area contributed by atoms with Crippen LogP contribution in [0.1, 0.15) is 46.0 Å². The molecule has 1 aliphatic carbocycles. The van der Waals surface area contributed by atoms with E-state index in [1.807, 2.05) is 4.90 Å². The highest BCUT2D eigenvalue weighted by Gasteiger charge is 2.55. The normalized spacial score (nSPS) is 24.2. The molecule has 210 valence electrons. The fraction of sp³-hybridized carbons (Fsp3) is 0.355. The maximum Gasteiger partial charge on any atom is 0.200 e. The topological polar surface area (TPSA) is 87.1 Å². The Bertz CT molecular complexity index is 1450. The molecule has 0 unspecified atom stereocenters. The van der Waals surface area contributed by atoms with E-state index in [1.165, 1.54) is 30.3 Å². The van der Waals surface area contributed by atoms with Gasteiger partial charge in [-0.05, 0) is 78.3 Å². The zero-order valence-corrected chi connectivity index (χ0v) is 22.0. The molecule has 2 fully saturated rings. The summed E-state index contributed by atoms with van der Waals surface area (Å²) in [5.74, 6) is -3.53. The highest BCUT2D eigenvalue weighted by molar-refractivity contribution is 5.98. The van der Waals surface area contributed by atoms with Crippen molar-refractivity contribution in [2.45, 2.75) is 31.8 Å². The van der Waals surface area contributed by atoms with Gasteiger partial charge < -0.3 is 14.9 Å². The van der Waals surface area contributed by atoms with Crippen molar-refractivity contribution in [3.63, 3.8) is 0 Å². The van der Waals surface area contributed by atoms with Gasteiger partial charge in [0, 0.05) is 30.6 Å². The van der Waals surface area contributed by atoms with Crippen molar-refractivity contribution in [2.75, 3.05) is 26.2 Å². The fourth-order valence-corrected chi connectivity index (χ4v) is 6.26. The van der Waals surface area contributed by atoms with Crippen LogP contribution in [0.4, 0.5) is 13.2 Å². The monoisotopic (exact) mass is 553 g/mol. The maximum atomic E-state index is 14.7. The van der Waals surface area contributed by atoms with Gasteiger partial charge >= 0.3 is 0 Å². The number of benzene rings is 3. The molecule has 1 heterocycles. The first-order valence-corrected chi connectivity index (χ1v) is 13.1. The summed E-state index contributed by atoms with van der Waals surface area (Å²) in [6.07, 6.45) is 1.61. The van der Waals surface area contributed by atoms with E-state index >= 15 is 0 Å². The van der Waals surface area contributed by atoms with Gasteiger partial charge in [0.2, 0.25) is 0 Å². The van der Waals surface area contributed by atoms with Gasteiger partial charge in [-0.3, -0.25) is 14.5 Å². The molecule has 2 aliphatic rings. The third-order valence-corrected chi connectivity index (χ3v) is 8.10. The lowest BCUT2D eigenvalue weighted by molar-refractivity contribution is 0.0291. The van der Waals surface area contributed by atoms with Gasteiger partial charge in [0.25, 0.3) is 0 Å². The first-order chi connectivity index (χ1) is 18.9. The molecule has 6 nitrogen and oxygen atoms in total. The lowest BCUT2D eigenvalue weighted by atomic mass is 9.82. The molecule has 3 aromatic rings. The third kappa shape index (κ3) is 5.90. The van der Waals surface area contributed by atoms with E-state index in [1.54, 1.807) is 12.1 Å². The third-order valence-electron chi connectivity index (χ3n) is 8.10. The minimum atomic E-state index is -0.948. The Kier molecular flexibility index (Phi) is 7.46. The molecule has 0 amide bonds. The van der Waals surface area contributed by atoms with Crippen molar-refractivity contribution < 1.29 is 37.7 Å². The number of phenols is 1. The molecule has 1 saturated heterocycles. The number of Topliss-reactive ketones (excluding diaryl/α,β-unsaturated/α-hetero) is 2. The minimum absolute atomic E-state index is 0.0273. The van der Waals surface area contributed by atoms with Gasteiger partial charge in [0.1, 0.15) is 5.82 Å². The molecule has 0 aromatic heterocycles. The number of phenolic OH excluding ortho intramolecular Hbond substituents is 1. The summed E-state index contributed by atoms with van der Waals surface area (Å²) in [6.45, 7) is 2.93. The van der Waals surface area contributed by atoms with E-state index in [-0.39, 0.29) is 46.4 Å². The van der Waals surface area contributed by atoms with Crippen LogP contribution in [-0.2, 0) is 6.42 Å². The molecular weight excluding hydrogens is 523 g/mol. The van der Waals surface area contributed by atoms with Crippen molar-refractivity contribution >= 4 is 11.6 Å². The molecule has 3 atom stereocenters. The van der Waals surface area contributed by atoms with Crippen molar-refractivity contribution in [3.05, 3.63) is 94.8 Å². The molecule has 0 spiro atoms. The van der Waals surface area contributed by atoms with Crippen LogP contribution < -0.4 is 4.74 Å². The number of nitrogens with zero attached hydrogens (tertiary/aromatic N) is 1. The molecular formula is C31H30F3NO5. The Morgan fingerprint density at radius 2 is 1.65 bits per heavy atom. The molecule has 1 saturated carbocycles. The van der Waals surface area contributed by atoms with Crippen LogP contribution >= 0.6 is 0 Å². The Morgan fingerprint density at radius 3 is 2.33 bits per heavy atom. The number of ketones is 2. The van der Waals surface area contributed by atoms with Crippen LogP contribution in [0.3, 0.4) is 0 Å². The van der Waals surface area contributed by atoms with Gasteiger partial charge in [0.05, 0.1) is 12.1 Å². The second kappa shape index (κ2) is 10.7. The first kappa shape index (κ1) is 27.9. The number of likely N-dealkylation sites (tertiary alicyclic amines) is 1. The number of halogens is 3. The molecule has 2 N–H and O–H groups in total. The zero-order chi connectivity index (χ0) is 28.7. The van der Waals surface area contributed by atoms with Gasteiger partial charge in [0.15, 0.2) is 41.3 Å². The second-order valence-electron chi connectivity index (χ2n) is 11.4. The number of carbonyl (C=O) groups excluding carboxylic acids is 2. The van der Waals surface area contributed by atoms with E-state index in [0.29, 0.717) is 32.4 Å². The summed E-state index contributed by atoms with van der Waals surface area (Å²) in [7, 11) is 0. The number of hydrogen-bond donors (Lipinski definition) is 2. The van der Waals surface area contributed by atoms with E-state index in [0.717, 1.165) is 23.8 Å². The molecule has 3 aromatic carbocycles.